The van der Waals surface area contributed by atoms with Crippen molar-refractivity contribution in [1.29, 1.82) is 0 Å². The van der Waals surface area contributed by atoms with E-state index in [1.807, 2.05) is 19.1 Å². The van der Waals surface area contributed by atoms with Crippen molar-refractivity contribution >= 4 is 17.6 Å². The molecule has 1 aromatic rings. The molecule has 1 amide bonds. The van der Waals surface area contributed by atoms with E-state index < -0.39 is 12.0 Å². The topological polar surface area (TPSA) is 92.4 Å². The number of carboxylic acid groups (broad SMARTS) is 1. The number of carbonyl (C=O) groups is 2. The SMILES string of the molecule is CCCC[C@H](N)C(=O)Nc1ccccc1CCC(=O)O. The molecular weight excluding hydrogens is 256 g/mol. The van der Waals surface area contributed by atoms with Gasteiger partial charge < -0.3 is 16.2 Å². The summed E-state index contributed by atoms with van der Waals surface area (Å²) in [7, 11) is 0. The first kappa shape index (κ1) is 16.2. The van der Waals surface area contributed by atoms with Gasteiger partial charge in [-0.3, -0.25) is 9.59 Å². The summed E-state index contributed by atoms with van der Waals surface area (Å²) in [5.74, 6) is -1.08. The summed E-state index contributed by atoms with van der Waals surface area (Å²) in [5.41, 5.74) is 7.27. The molecule has 0 saturated carbocycles. The lowest BCUT2D eigenvalue weighted by Crippen LogP contribution is -2.35. The summed E-state index contributed by atoms with van der Waals surface area (Å²) in [4.78, 5) is 22.6. The zero-order valence-corrected chi connectivity index (χ0v) is 11.8. The van der Waals surface area contributed by atoms with Gasteiger partial charge in [0.15, 0.2) is 0 Å². The average Bonchev–Trinajstić information content (AvgIpc) is 2.43. The van der Waals surface area contributed by atoms with Crippen LogP contribution in [0.25, 0.3) is 0 Å². The van der Waals surface area contributed by atoms with E-state index in [9.17, 15) is 9.59 Å². The van der Waals surface area contributed by atoms with E-state index in [4.69, 9.17) is 10.8 Å². The quantitative estimate of drug-likeness (QED) is 0.679. The van der Waals surface area contributed by atoms with Crippen LogP contribution in [0.15, 0.2) is 24.3 Å². The highest BCUT2D eigenvalue weighted by Crippen LogP contribution is 2.17. The van der Waals surface area contributed by atoms with Gasteiger partial charge in [0.1, 0.15) is 0 Å². The van der Waals surface area contributed by atoms with Gasteiger partial charge in [0, 0.05) is 12.1 Å². The van der Waals surface area contributed by atoms with Crippen LogP contribution in [0.3, 0.4) is 0 Å². The normalized spacial score (nSPS) is 11.9. The highest BCUT2D eigenvalue weighted by Gasteiger charge is 2.14. The molecule has 1 atom stereocenters. The van der Waals surface area contributed by atoms with E-state index in [0.717, 1.165) is 18.4 Å². The zero-order chi connectivity index (χ0) is 15.0. The van der Waals surface area contributed by atoms with Crippen LogP contribution < -0.4 is 11.1 Å². The standard InChI is InChI=1S/C15H22N2O3/c1-2-3-7-12(16)15(20)17-13-8-5-4-6-11(13)9-10-14(18)19/h4-6,8,12H,2-3,7,9-10,16H2,1H3,(H,17,20)(H,18,19)/t12-/m0/s1. The van der Waals surface area contributed by atoms with Gasteiger partial charge in [-0.1, -0.05) is 38.0 Å². The van der Waals surface area contributed by atoms with Gasteiger partial charge in [0.05, 0.1) is 6.04 Å². The number of para-hydroxylation sites is 1. The maximum absolute atomic E-state index is 12.0. The van der Waals surface area contributed by atoms with Crippen molar-refractivity contribution in [2.24, 2.45) is 5.73 Å². The number of aliphatic carboxylic acids is 1. The number of hydrogen-bond acceptors (Lipinski definition) is 3. The molecule has 0 aliphatic heterocycles. The molecule has 5 nitrogen and oxygen atoms in total. The van der Waals surface area contributed by atoms with Crippen LogP contribution in [-0.4, -0.2) is 23.0 Å². The molecule has 4 N–H and O–H groups in total. The number of anilines is 1. The second-order valence-electron chi connectivity index (χ2n) is 4.79. The Bertz CT molecular complexity index is 460. The van der Waals surface area contributed by atoms with E-state index in [2.05, 4.69) is 5.32 Å². The first-order valence-corrected chi connectivity index (χ1v) is 6.90. The minimum atomic E-state index is -0.856. The van der Waals surface area contributed by atoms with Gasteiger partial charge in [0.25, 0.3) is 0 Å². The summed E-state index contributed by atoms with van der Waals surface area (Å²) in [6, 6.07) is 6.68. The summed E-state index contributed by atoms with van der Waals surface area (Å²) in [5, 5.41) is 11.5. The van der Waals surface area contributed by atoms with Crippen molar-refractivity contribution in [2.75, 3.05) is 5.32 Å². The number of unbranched alkanes of at least 4 members (excludes halogenated alkanes) is 1. The maximum Gasteiger partial charge on any atom is 0.303 e. The van der Waals surface area contributed by atoms with Gasteiger partial charge in [-0.25, -0.2) is 0 Å². The fourth-order valence-electron chi connectivity index (χ4n) is 1.88. The molecule has 0 aromatic heterocycles. The van der Waals surface area contributed by atoms with Crippen molar-refractivity contribution in [1.82, 2.24) is 0 Å². The Balaban J connectivity index is 2.66. The molecule has 0 aliphatic carbocycles. The minimum absolute atomic E-state index is 0.0365. The molecule has 0 heterocycles. The van der Waals surface area contributed by atoms with Crippen LogP contribution in [0.4, 0.5) is 5.69 Å². The molecule has 0 radical (unpaired) electrons. The molecule has 1 rings (SSSR count). The van der Waals surface area contributed by atoms with Crippen LogP contribution >= 0.6 is 0 Å². The number of carbonyl (C=O) groups excluding carboxylic acids is 1. The Morgan fingerprint density at radius 1 is 1.35 bits per heavy atom. The predicted octanol–water partition coefficient (Wildman–Crippen LogP) is 2.16. The first-order valence-electron chi connectivity index (χ1n) is 6.90. The van der Waals surface area contributed by atoms with Crippen molar-refractivity contribution in [3.63, 3.8) is 0 Å². The number of hydrogen-bond donors (Lipinski definition) is 3. The number of amides is 1. The zero-order valence-electron chi connectivity index (χ0n) is 11.8. The van der Waals surface area contributed by atoms with Gasteiger partial charge in [-0.15, -0.1) is 0 Å². The number of benzene rings is 1. The number of nitrogens with two attached hydrogens (primary N) is 1. The monoisotopic (exact) mass is 278 g/mol. The van der Waals surface area contributed by atoms with Crippen LogP contribution in [0.1, 0.15) is 38.2 Å². The van der Waals surface area contributed by atoms with Crippen LogP contribution in [-0.2, 0) is 16.0 Å². The molecule has 0 spiro atoms. The summed E-state index contributed by atoms with van der Waals surface area (Å²) < 4.78 is 0. The van der Waals surface area contributed by atoms with E-state index in [0.29, 0.717) is 18.5 Å². The number of aryl methyl sites for hydroxylation is 1. The molecule has 0 aliphatic rings. The molecule has 1 aromatic carbocycles. The second-order valence-corrected chi connectivity index (χ2v) is 4.79. The van der Waals surface area contributed by atoms with Crippen molar-refractivity contribution in [3.05, 3.63) is 29.8 Å². The Morgan fingerprint density at radius 3 is 2.70 bits per heavy atom. The van der Waals surface area contributed by atoms with Crippen LogP contribution in [0.2, 0.25) is 0 Å². The minimum Gasteiger partial charge on any atom is -0.481 e. The summed E-state index contributed by atoms with van der Waals surface area (Å²) in [6.45, 7) is 2.05. The third-order valence-corrected chi connectivity index (χ3v) is 3.09. The average molecular weight is 278 g/mol. The van der Waals surface area contributed by atoms with Gasteiger partial charge in [0.2, 0.25) is 5.91 Å². The fraction of sp³-hybridized carbons (Fsp3) is 0.467. The first-order chi connectivity index (χ1) is 9.54. The Hall–Kier alpha value is -1.88. The molecule has 110 valence electrons. The van der Waals surface area contributed by atoms with E-state index >= 15 is 0 Å². The molecule has 0 saturated heterocycles. The fourth-order valence-corrected chi connectivity index (χ4v) is 1.88. The Morgan fingerprint density at radius 2 is 2.05 bits per heavy atom. The molecule has 20 heavy (non-hydrogen) atoms. The molecule has 5 heteroatoms. The molecule has 0 unspecified atom stereocenters. The lowest BCUT2D eigenvalue weighted by atomic mass is 10.1. The smallest absolute Gasteiger partial charge is 0.303 e. The van der Waals surface area contributed by atoms with Crippen molar-refractivity contribution < 1.29 is 14.7 Å². The third-order valence-electron chi connectivity index (χ3n) is 3.09. The highest BCUT2D eigenvalue weighted by molar-refractivity contribution is 5.95. The lowest BCUT2D eigenvalue weighted by molar-refractivity contribution is -0.136. The summed E-state index contributed by atoms with van der Waals surface area (Å²) in [6.07, 6.45) is 2.98. The number of carboxylic acids is 1. The molecular formula is C15H22N2O3. The second kappa shape index (κ2) is 8.32. The predicted molar refractivity (Wildman–Crippen MR) is 78.5 cm³/mol. The summed E-state index contributed by atoms with van der Waals surface area (Å²) >= 11 is 0. The molecule has 0 bridgehead atoms. The van der Waals surface area contributed by atoms with E-state index in [1.165, 1.54) is 0 Å². The Kier molecular flexibility index (Phi) is 6.73. The number of nitrogens with one attached hydrogen (secondary N) is 1. The van der Waals surface area contributed by atoms with E-state index in [-0.39, 0.29) is 12.3 Å². The number of rotatable bonds is 8. The maximum atomic E-state index is 12.0. The van der Waals surface area contributed by atoms with Crippen LogP contribution in [0.5, 0.6) is 0 Å². The van der Waals surface area contributed by atoms with Crippen LogP contribution in [0, 0.1) is 0 Å². The highest BCUT2D eigenvalue weighted by atomic mass is 16.4. The van der Waals surface area contributed by atoms with Gasteiger partial charge in [-0.2, -0.15) is 0 Å². The third kappa shape index (κ3) is 5.40. The van der Waals surface area contributed by atoms with E-state index in [1.54, 1.807) is 12.1 Å². The lowest BCUT2D eigenvalue weighted by Gasteiger charge is -2.14. The Labute approximate surface area is 119 Å². The van der Waals surface area contributed by atoms with Gasteiger partial charge in [-0.05, 0) is 24.5 Å². The molecule has 0 fully saturated rings. The van der Waals surface area contributed by atoms with Gasteiger partial charge >= 0.3 is 5.97 Å². The largest absolute Gasteiger partial charge is 0.481 e. The van der Waals surface area contributed by atoms with Crippen molar-refractivity contribution in [2.45, 2.75) is 45.1 Å². The van der Waals surface area contributed by atoms with Crippen molar-refractivity contribution in [3.8, 4) is 0 Å².